The standard InChI is InChI=1S/C24H36O2/c1-6-17-7-8-20-19-13-15(2)22-14-18(26-16(3)25)9-11-24(22,5)21(19)10-12-23(17,20)4/h13-14,17-21H,6-12H2,1-5H3/t17-,18?,19-,20-,21-,23+,24+/m0/s1. The van der Waals surface area contributed by atoms with Gasteiger partial charge < -0.3 is 4.74 Å². The van der Waals surface area contributed by atoms with E-state index in [1.165, 1.54) is 50.2 Å². The lowest BCUT2D eigenvalue weighted by atomic mass is 9.47. The van der Waals surface area contributed by atoms with Crippen LogP contribution in [0, 0.1) is 34.5 Å². The average molecular weight is 357 g/mol. The van der Waals surface area contributed by atoms with Crippen molar-refractivity contribution in [3.05, 3.63) is 23.3 Å². The minimum Gasteiger partial charge on any atom is -0.458 e. The SMILES string of the molecule is CC[C@H]1CC[C@H]2[C@@H]3C=C(C)C4=CC(OC(C)=O)CC[C@]4(C)[C@H]3CC[C@]12C. The molecule has 2 saturated carbocycles. The fourth-order valence-electron chi connectivity index (χ4n) is 7.64. The monoisotopic (exact) mass is 356 g/mol. The second kappa shape index (κ2) is 6.24. The first-order valence-corrected chi connectivity index (χ1v) is 10.9. The van der Waals surface area contributed by atoms with Crippen molar-refractivity contribution in [3.63, 3.8) is 0 Å². The van der Waals surface area contributed by atoms with Crippen LogP contribution in [0.15, 0.2) is 23.3 Å². The molecule has 26 heavy (non-hydrogen) atoms. The molecule has 0 heterocycles. The van der Waals surface area contributed by atoms with Crippen LogP contribution in [0.1, 0.15) is 79.6 Å². The van der Waals surface area contributed by atoms with E-state index in [4.69, 9.17) is 4.74 Å². The molecule has 4 rings (SSSR count). The van der Waals surface area contributed by atoms with E-state index in [0.717, 1.165) is 36.5 Å². The fourth-order valence-corrected chi connectivity index (χ4v) is 7.64. The lowest BCUT2D eigenvalue weighted by Crippen LogP contribution is -2.49. The van der Waals surface area contributed by atoms with E-state index < -0.39 is 0 Å². The van der Waals surface area contributed by atoms with E-state index in [1.807, 2.05) is 0 Å². The fraction of sp³-hybridized carbons (Fsp3) is 0.792. The Hall–Kier alpha value is -1.05. The first kappa shape index (κ1) is 18.3. The van der Waals surface area contributed by atoms with Crippen LogP contribution in [0.2, 0.25) is 0 Å². The largest absolute Gasteiger partial charge is 0.458 e. The van der Waals surface area contributed by atoms with Gasteiger partial charge in [0, 0.05) is 6.92 Å². The Kier molecular flexibility index (Phi) is 4.40. The predicted molar refractivity (Wildman–Crippen MR) is 106 cm³/mol. The Bertz CT molecular complexity index is 659. The van der Waals surface area contributed by atoms with Gasteiger partial charge in [-0.05, 0) is 91.6 Å². The summed E-state index contributed by atoms with van der Waals surface area (Å²) in [6, 6.07) is 0. The summed E-state index contributed by atoms with van der Waals surface area (Å²) in [6.07, 6.45) is 14.0. The van der Waals surface area contributed by atoms with Crippen LogP contribution in [-0.4, -0.2) is 12.1 Å². The van der Waals surface area contributed by atoms with E-state index in [-0.39, 0.29) is 17.5 Å². The lowest BCUT2D eigenvalue weighted by Gasteiger charge is -2.57. The van der Waals surface area contributed by atoms with Gasteiger partial charge in [-0.2, -0.15) is 0 Å². The molecule has 0 aromatic carbocycles. The van der Waals surface area contributed by atoms with Crippen molar-refractivity contribution in [2.75, 3.05) is 0 Å². The molecule has 2 nitrogen and oxygen atoms in total. The van der Waals surface area contributed by atoms with E-state index in [2.05, 4.69) is 39.8 Å². The third kappa shape index (κ3) is 2.54. The van der Waals surface area contributed by atoms with Crippen LogP contribution >= 0.6 is 0 Å². The third-order valence-electron chi connectivity index (χ3n) is 8.94. The van der Waals surface area contributed by atoms with E-state index in [1.54, 1.807) is 0 Å². The van der Waals surface area contributed by atoms with Gasteiger partial charge in [0.25, 0.3) is 0 Å². The van der Waals surface area contributed by atoms with Crippen molar-refractivity contribution in [2.24, 2.45) is 34.5 Å². The molecule has 4 aliphatic carbocycles. The maximum Gasteiger partial charge on any atom is 0.303 e. The Balaban J connectivity index is 1.70. The first-order valence-electron chi connectivity index (χ1n) is 10.9. The molecule has 0 saturated heterocycles. The maximum absolute atomic E-state index is 11.4. The minimum atomic E-state index is -0.157. The molecule has 7 atom stereocenters. The summed E-state index contributed by atoms with van der Waals surface area (Å²) in [5.74, 6) is 3.15. The van der Waals surface area contributed by atoms with E-state index in [9.17, 15) is 4.79 Å². The normalized spacial score (nSPS) is 47.2. The molecule has 1 unspecified atom stereocenters. The number of ether oxygens (including phenoxy) is 1. The number of esters is 1. The van der Waals surface area contributed by atoms with Gasteiger partial charge in [-0.25, -0.2) is 0 Å². The molecule has 0 aliphatic heterocycles. The van der Waals surface area contributed by atoms with Crippen molar-refractivity contribution in [3.8, 4) is 0 Å². The first-order chi connectivity index (χ1) is 12.3. The zero-order valence-electron chi connectivity index (χ0n) is 17.3. The topological polar surface area (TPSA) is 26.3 Å². The Morgan fingerprint density at radius 1 is 1.12 bits per heavy atom. The van der Waals surface area contributed by atoms with Crippen molar-refractivity contribution in [1.82, 2.24) is 0 Å². The van der Waals surface area contributed by atoms with Gasteiger partial charge in [-0.1, -0.05) is 38.8 Å². The molecule has 0 aromatic heterocycles. The van der Waals surface area contributed by atoms with Crippen LogP contribution in [0.5, 0.6) is 0 Å². The average Bonchev–Trinajstić information content (AvgIpc) is 2.92. The van der Waals surface area contributed by atoms with E-state index >= 15 is 0 Å². The van der Waals surface area contributed by atoms with Gasteiger partial charge in [0.15, 0.2) is 0 Å². The summed E-state index contributed by atoms with van der Waals surface area (Å²) in [5.41, 5.74) is 3.75. The number of hydrogen-bond acceptors (Lipinski definition) is 2. The van der Waals surface area contributed by atoms with Crippen LogP contribution in [0.4, 0.5) is 0 Å². The summed E-state index contributed by atoms with van der Waals surface area (Å²) in [7, 11) is 0. The molecule has 0 radical (unpaired) electrons. The number of allylic oxidation sites excluding steroid dienone is 3. The number of rotatable bonds is 2. The smallest absolute Gasteiger partial charge is 0.303 e. The van der Waals surface area contributed by atoms with Crippen LogP contribution in [-0.2, 0) is 9.53 Å². The zero-order chi connectivity index (χ0) is 18.7. The number of hydrogen-bond donors (Lipinski definition) is 0. The highest BCUT2D eigenvalue weighted by atomic mass is 16.5. The lowest BCUT2D eigenvalue weighted by molar-refractivity contribution is -0.145. The van der Waals surface area contributed by atoms with Gasteiger partial charge in [-0.3, -0.25) is 4.79 Å². The zero-order valence-corrected chi connectivity index (χ0v) is 17.3. The molecule has 2 fully saturated rings. The second-order valence-electron chi connectivity index (χ2n) is 10.1. The molecule has 0 bridgehead atoms. The van der Waals surface area contributed by atoms with Crippen molar-refractivity contribution in [1.29, 1.82) is 0 Å². The third-order valence-corrected chi connectivity index (χ3v) is 8.94. The summed E-state index contributed by atoms with van der Waals surface area (Å²) in [4.78, 5) is 11.4. The van der Waals surface area contributed by atoms with E-state index in [0.29, 0.717) is 5.41 Å². The van der Waals surface area contributed by atoms with Gasteiger partial charge in [0.05, 0.1) is 0 Å². The van der Waals surface area contributed by atoms with Crippen molar-refractivity contribution >= 4 is 5.97 Å². The molecular formula is C24H36O2. The highest BCUT2D eigenvalue weighted by Crippen LogP contribution is 2.66. The van der Waals surface area contributed by atoms with Gasteiger partial charge in [0.1, 0.15) is 6.10 Å². The van der Waals surface area contributed by atoms with Crippen molar-refractivity contribution < 1.29 is 9.53 Å². The van der Waals surface area contributed by atoms with Gasteiger partial charge >= 0.3 is 5.97 Å². The molecule has 0 aromatic rings. The molecule has 0 spiro atoms. The molecule has 0 N–H and O–H groups in total. The Morgan fingerprint density at radius 3 is 2.58 bits per heavy atom. The molecule has 2 heteroatoms. The van der Waals surface area contributed by atoms with Gasteiger partial charge in [0.2, 0.25) is 0 Å². The quantitative estimate of drug-likeness (QED) is 0.561. The Labute approximate surface area is 159 Å². The minimum absolute atomic E-state index is 0.0275. The summed E-state index contributed by atoms with van der Waals surface area (Å²) in [6.45, 7) is 11.3. The summed E-state index contributed by atoms with van der Waals surface area (Å²) < 4.78 is 5.54. The van der Waals surface area contributed by atoms with Crippen LogP contribution in [0.3, 0.4) is 0 Å². The summed E-state index contributed by atoms with van der Waals surface area (Å²) >= 11 is 0. The molecule has 4 aliphatic rings. The Morgan fingerprint density at radius 2 is 1.88 bits per heavy atom. The molecule has 144 valence electrons. The highest BCUT2D eigenvalue weighted by molar-refractivity contribution is 5.66. The maximum atomic E-state index is 11.4. The highest BCUT2D eigenvalue weighted by Gasteiger charge is 2.58. The number of carbonyl (C=O) groups is 1. The second-order valence-corrected chi connectivity index (χ2v) is 10.1. The van der Waals surface area contributed by atoms with Crippen LogP contribution < -0.4 is 0 Å². The molecular weight excluding hydrogens is 320 g/mol. The number of fused-ring (bicyclic) bond motifs is 5. The predicted octanol–water partition coefficient (Wildman–Crippen LogP) is 6.07. The number of carbonyl (C=O) groups excluding carboxylic acids is 1. The molecule has 0 amide bonds. The van der Waals surface area contributed by atoms with Crippen LogP contribution in [0.25, 0.3) is 0 Å². The summed E-state index contributed by atoms with van der Waals surface area (Å²) in [5, 5.41) is 0. The van der Waals surface area contributed by atoms with Gasteiger partial charge in [-0.15, -0.1) is 0 Å². The van der Waals surface area contributed by atoms with Crippen molar-refractivity contribution in [2.45, 2.75) is 85.7 Å².